The summed E-state index contributed by atoms with van der Waals surface area (Å²) in [4.78, 5) is 23.5. The maximum atomic E-state index is 11.9. The first kappa shape index (κ1) is 17.8. The van der Waals surface area contributed by atoms with Crippen LogP contribution in [-0.2, 0) is 14.3 Å². The van der Waals surface area contributed by atoms with Gasteiger partial charge in [0.2, 0.25) is 0 Å². The molecule has 0 spiro atoms. The fourth-order valence-electron chi connectivity index (χ4n) is 2.79. The Hall–Kier alpha value is -1.56. The van der Waals surface area contributed by atoms with Crippen LogP contribution in [0, 0.1) is 11.8 Å². The Morgan fingerprint density at radius 2 is 2.17 bits per heavy atom. The van der Waals surface area contributed by atoms with E-state index in [0.717, 1.165) is 12.8 Å². The number of rotatable bonds is 5. The van der Waals surface area contributed by atoms with Gasteiger partial charge in [0.25, 0.3) is 5.91 Å². The Morgan fingerprint density at radius 3 is 2.87 bits per heavy atom. The largest absolute Gasteiger partial charge is 0.452 e. The quantitative estimate of drug-likeness (QED) is 0.623. The highest BCUT2D eigenvalue weighted by Gasteiger charge is 2.28. The third-order valence-electron chi connectivity index (χ3n) is 4.38. The molecule has 0 bridgehead atoms. The van der Waals surface area contributed by atoms with Gasteiger partial charge in [0.05, 0.1) is 0 Å². The summed E-state index contributed by atoms with van der Waals surface area (Å²) in [6.45, 7) is 4.11. The number of furan rings is 1. The molecule has 3 atom stereocenters. The van der Waals surface area contributed by atoms with Crippen LogP contribution in [0.15, 0.2) is 27.3 Å². The average Bonchev–Trinajstić information content (AvgIpc) is 2.93. The minimum atomic E-state index is -0.572. The number of ether oxygens (including phenoxy) is 1. The number of carbonyl (C=O) groups excluding carboxylic acids is 2. The van der Waals surface area contributed by atoms with Gasteiger partial charge in [0, 0.05) is 12.1 Å². The Morgan fingerprint density at radius 1 is 1.39 bits per heavy atom. The molecule has 126 valence electrons. The number of hydrogen-bond acceptors (Lipinski definition) is 4. The molecule has 2 rings (SSSR count). The molecule has 1 aromatic heterocycles. The van der Waals surface area contributed by atoms with E-state index in [0.29, 0.717) is 22.3 Å². The van der Waals surface area contributed by atoms with Gasteiger partial charge in [-0.25, -0.2) is 4.79 Å². The second-order valence-corrected chi connectivity index (χ2v) is 6.81. The molecular weight excluding hydrogens is 362 g/mol. The number of carbonyl (C=O) groups is 2. The first-order valence-electron chi connectivity index (χ1n) is 7.85. The second-order valence-electron chi connectivity index (χ2n) is 6.02. The molecule has 1 aliphatic carbocycles. The van der Waals surface area contributed by atoms with Gasteiger partial charge in [-0.1, -0.05) is 26.7 Å². The molecule has 0 radical (unpaired) electrons. The Balaban J connectivity index is 1.73. The van der Waals surface area contributed by atoms with Crippen molar-refractivity contribution in [2.45, 2.75) is 39.2 Å². The third-order valence-corrected chi connectivity index (χ3v) is 4.80. The van der Waals surface area contributed by atoms with Gasteiger partial charge in [-0.3, -0.25) is 4.79 Å². The first-order chi connectivity index (χ1) is 11.0. The lowest BCUT2D eigenvalue weighted by molar-refractivity contribution is -0.144. The molecule has 23 heavy (non-hydrogen) atoms. The van der Waals surface area contributed by atoms with Crippen molar-refractivity contribution >= 4 is 33.9 Å². The van der Waals surface area contributed by atoms with Gasteiger partial charge >= 0.3 is 5.97 Å². The standard InChI is InChI=1S/C17H22BrNO4/c1-11-4-3-5-14(12(11)2)19-16(20)10-22-17(21)9-7-13-6-8-15(18)23-13/h6-9,11-12,14H,3-5,10H2,1-2H3,(H,19,20)/b9-7+. The normalized spacial score (nSPS) is 24.6. The summed E-state index contributed by atoms with van der Waals surface area (Å²) >= 11 is 3.18. The number of esters is 1. The zero-order chi connectivity index (χ0) is 16.8. The van der Waals surface area contributed by atoms with Crippen LogP contribution < -0.4 is 5.32 Å². The lowest BCUT2D eigenvalue weighted by Gasteiger charge is -2.34. The van der Waals surface area contributed by atoms with Gasteiger partial charge in [-0.15, -0.1) is 0 Å². The minimum Gasteiger partial charge on any atom is -0.452 e. The lowest BCUT2D eigenvalue weighted by atomic mass is 9.78. The van der Waals surface area contributed by atoms with E-state index in [2.05, 4.69) is 35.1 Å². The van der Waals surface area contributed by atoms with Gasteiger partial charge < -0.3 is 14.5 Å². The third kappa shape index (κ3) is 5.53. The summed E-state index contributed by atoms with van der Waals surface area (Å²) in [5, 5.41) is 2.97. The molecule has 6 heteroatoms. The highest BCUT2D eigenvalue weighted by Crippen LogP contribution is 2.29. The highest BCUT2D eigenvalue weighted by molar-refractivity contribution is 9.10. The molecule has 1 fully saturated rings. The van der Waals surface area contributed by atoms with E-state index < -0.39 is 5.97 Å². The summed E-state index contributed by atoms with van der Waals surface area (Å²) in [6, 6.07) is 3.61. The molecule has 1 aliphatic rings. The Labute approximate surface area is 144 Å². The molecule has 3 unspecified atom stereocenters. The van der Waals surface area contributed by atoms with Crippen molar-refractivity contribution in [1.82, 2.24) is 5.32 Å². The van der Waals surface area contributed by atoms with Crippen LogP contribution in [-0.4, -0.2) is 24.5 Å². The molecule has 1 amide bonds. The summed E-state index contributed by atoms with van der Waals surface area (Å²) in [6.07, 6.45) is 6.05. The average molecular weight is 384 g/mol. The van der Waals surface area contributed by atoms with E-state index >= 15 is 0 Å². The van der Waals surface area contributed by atoms with E-state index in [-0.39, 0.29) is 18.6 Å². The zero-order valence-corrected chi connectivity index (χ0v) is 15.0. The van der Waals surface area contributed by atoms with E-state index in [1.54, 1.807) is 12.1 Å². The Bertz CT molecular complexity index is 581. The van der Waals surface area contributed by atoms with Gasteiger partial charge in [-0.2, -0.15) is 0 Å². The summed E-state index contributed by atoms with van der Waals surface area (Å²) in [7, 11) is 0. The van der Waals surface area contributed by atoms with Crippen molar-refractivity contribution in [2.24, 2.45) is 11.8 Å². The Kier molecular flexibility index (Phi) is 6.45. The predicted octanol–water partition coefficient (Wildman–Crippen LogP) is 3.54. The molecule has 1 heterocycles. The van der Waals surface area contributed by atoms with Crippen molar-refractivity contribution < 1.29 is 18.7 Å². The van der Waals surface area contributed by atoms with Crippen molar-refractivity contribution in [3.8, 4) is 0 Å². The highest BCUT2D eigenvalue weighted by atomic mass is 79.9. The zero-order valence-electron chi connectivity index (χ0n) is 13.4. The van der Waals surface area contributed by atoms with Crippen molar-refractivity contribution in [3.63, 3.8) is 0 Å². The van der Waals surface area contributed by atoms with E-state index in [1.807, 2.05) is 0 Å². The molecule has 0 aliphatic heterocycles. The van der Waals surface area contributed by atoms with Gasteiger partial charge in [0.15, 0.2) is 11.3 Å². The van der Waals surface area contributed by atoms with Crippen LogP contribution in [0.5, 0.6) is 0 Å². The molecule has 0 aromatic carbocycles. The minimum absolute atomic E-state index is 0.168. The molecule has 0 saturated heterocycles. The molecule has 1 N–H and O–H groups in total. The van der Waals surface area contributed by atoms with Crippen LogP contribution in [0.25, 0.3) is 6.08 Å². The lowest BCUT2D eigenvalue weighted by Crippen LogP contribution is -2.45. The van der Waals surface area contributed by atoms with Crippen LogP contribution in [0.2, 0.25) is 0 Å². The first-order valence-corrected chi connectivity index (χ1v) is 8.64. The number of halogens is 1. The van der Waals surface area contributed by atoms with E-state index in [1.165, 1.54) is 18.6 Å². The molecule has 5 nitrogen and oxygen atoms in total. The van der Waals surface area contributed by atoms with Crippen LogP contribution in [0.1, 0.15) is 38.9 Å². The van der Waals surface area contributed by atoms with Crippen LogP contribution >= 0.6 is 15.9 Å². The summed E-state index contributed by atoms with van der Waals surface area (Å²) in [5.41, 5.74) is 0. The molecule has 1 aromatic rings. The SMILES string of the molecule is CC1CCCC(NC(=O)COC(=O)/C=C/c2ccc(Br)o2)C1C. The monoisotopic (exact) mass is 383 g/mol. The topological polar surface area (TPSA) is 68.5 Å². The molecule has 1 saturated carbocycles. The fourth-order valence-corrected chi connectivity index (χ4v) is 3.11. The van der Waals surface area contributed by atoms with Crippen molar-refractivity contribution in [1.29, 1.82) is 0 Å². The number of hydrogen-bond donors (Lipinski definition) is 1. The summed E-state index contributed by atoms with van der Waals surface area (Å²) < 4.78 is 10.8. The fraction of sp³-hybridized carbons (Fsp3) is 0.529. The predicted molar refractivity (Wildman–Crippen MR) is 90.5 cm³/mol. The number of nitrogens with one attached hydrogen (secondary N) is 1. The second kappa shape index (κ2) is 8.34. The van der Waals surface area contributed by atoms with Gasteiger partial charge in [0.1, 0.15) is 5.76 Å². The smallest absolute Gasteiger partial charge is 0.331 e. The van der Waals surface area contributed by atoms with Gasteiger partial charge in [-0.05, 0) is 52.4 Å². The van der Waals surface area contributed by atoms with Crippen LogP contribution in [0.4, 0.5) is 0 Å². The summed E-state index contributed by atoms with van der Waals surface area (Å²) in [5.74, 6) is 0.757. The number of amides is 1. The van der Waals surface area contributed by atoms with Crippen molar-refractivity contribution in [2.75, 3.05) is 6.61 Å². The van der Waals surface area contributed by atoms with Crippen molar-refractivity contribution in [3.05, 3.63) is 28.6 Å². The maximum Gasteiger partial charge on any atom is 0.331 e. The van der Waals surface area contributed by atoms with E-state index in [4.69, 9.17) is 9.15 Å². The maximum absolute atomic E-state index is 11.9. The van der Waals surface area contributed by atoms with E-state index in [9.17, 15) is 9.59 Å². The molecular formula is C17H22BrNO4. The van der Waals surface area contributed by atoms with Crippen LogP contribution in [0.3, 0.4) is 0 Å².